The van der Waals surface area contributed by atoms with Gasteiger partial charge in [0.25, 0.3) is 0 Å². The molecule has 0 aliphatic heterocycles. The van der Waals surface area contributed by atoms with Crippen molar-refractivity contribution in [2.45, 2.75) is 52.5 Å². The van der Waals surface area contributed by atoms with Gasteiger partial charge in [-0.3, -0.25) is 0 Å². The number of hydrogen-bond donors (Lipinski definition) is 1. The molecule has 1 fully saturated rings. The van der Waals surface area contributed by atoms with E-state index in [9.17, 15) is 0 Å². The van der Waals surface area contributed by atoms with Crippen LogP contribution in [-0.2, 0) is 6.42 Å². The van der Waals surface area contributed by atoms with Crippen LogP contribution in [-0.4, -0.2) is 13.1 Å². The maximum Gasteiger partial charge on any atom is 0.0133 e. The minimum absolute atomic E-state index is 0.670. The van der Waals surface area contributed by atoms with Crippen LogP contribution in [0.25, 0.3) is 0 Å². The lowest BCUT2D eigenvalue weighted by Gasteiger charge is -2.34. The van der Waals surface area contributed by atoms with E-state index in [1.165, 1.54) is 42.4 Å². The highest BCUT2D eigenvalue weighted by molar-refractivity contribution is 5.38. The first-order valence-corrected chi connectivity index (χ1v) is 6.86. The predicted molar refractivity (Wildman–Crippen MR) is 74.5 cm³/mol. The zero-order valence-corrected chi connectivity index (χ0v) is 11.6. The summed E-state index contributed by atoms with van der Waals surface area (Å²) in [6.45, 7) is 6.69. The highest BCUT2D eigenvalue weighted by Gasteiger charge is 2.26. The molecule has 0 bridgehead atoms. The van der Waals surface area contributed by atoms with Crippen LogP contribution in [0.2, 0.25) is 0 Å². The Bertz CT molecular complexity index is 368. The van der Waals surface area contributed by atoms with E-state index in [1.54, 1.807) is 5.56 Å². The number of aryl methyl sites for hydroxylation is 3. The van der Waals surface area contributed by atoms with Gasteiger partial charge in [0, 0.05) is 6.04 Å². The lowest BCUT2D eigenvalue weighted by Crippen LogP contribution is -2.39. The molecule has 0 spiro atoms. The monoisotopic (exact) mass is 231 g/mol. The second-order valence-corrected chi connectivity index (χ2v) is 5.67. The highest BCUT2D eigenvalue weighted by Crippen LogP contribution is 2.32. The van der Waals surface area contributed by atoms with Gasteiger partial charge in [-0.05, 0) is 69.7 Å². The van der Waals surface area contributed by atoms with Crippen molar-refractivity contribution in [2.75, 3.05) is 7.05 Å². The summed E-state index contributed by atoms with van der Waals surface area (Å²) in [7, 11) is 2.11. The van der Waals surface area contributed by atoms with Crippen molar-refractivity contribution >= 4 is 0 Å². The van der Waals surface area contributed by atoms with E-state index in [-0.39, 0.29) is 0 Å². The number of hydrogen-bond acceptors (Lipinski definition) is 1. The van der Waals surface area contributed by atoms with Gasteiger partial charge in [0.05, 0.1) is 0 Å². The average molecular weight is 231 g/mol. The van der Waals surface area contributed by atoms with Gasteiger partial charge in [-0.15, -0.1) is 0 Å². The Hall–Kier alpha value is -0.820. The van der Waals surface area contributed by atoms with Crippen molar-refractivity contribution in [1.82, 2.24) is 5.32 Å². The summed E-state index contributed by atoms with van der Waals surface area (Å²) in [4.78, 5) is 0. The summed E-state index contributed by atoms with van der Waals surface area (Å²) in [5, 5.41) is 3.52. The molecular formula is C16H25N. The van der Waals surface area contributed by atoms with Crippen LogP contribution >= 0.6 is 0 Å². The molecule has 1 aromatic carbocycles. The molecule has 2 rings (SSSR count). The number of nitrogens with one attached hydrogen (secondary N) is 1. The molecule has 1 nitrogen and oxygen atoms in total. The fourth-order valence-corrected chi connectivity index (χ4v) is 3.10. The maximum absolute atomic E-state index is 3.52. The molecule has 0 heterocycles. The second-order valence-electron chi connectivity index (χ2n) is 5.67. The van der Waals surface area contributed by atoms with E-state index >= 15 is 0 Å². The van der Waals surface area contributed by atoms with Gasteiger partial charge in [-0.25, -0.2) is 0 Å². The second kappa shape index (κ2) is 5.22. The zero-order valence-electron chi connectivity index (χ0n) is 11.6. The van der Waals surface area contributed by atoms with Gasteiger partial charge in [0.1, 0.15) is 0 Å². The third-order valence-corrected chi connectivity index (χ3v) is 4.35. The predicted octanol–water partition coefficient (Wildman–Crippen LogP) is 3.54. The van der Waals surface area contributed by atoms with E-state index < -0.39 is 0 Å². The summed E-state index contributed by atoms with van der Waals surface area (Å²) in [6.07, 6.45) is 5.44. The summed E-state index contributed by atoms with van der Waals surface area (Å²) >= 11 is 0. The van der Waals surface area contributed by atoms with Crippen molar-refractivity contribution in [1.29, 1.82) is 0 Å². The molecule has 94 valence electrons. The third kappa shape index (κ3) is 2.71. The number of rotatable bonds is 4. The quantitative estimate of drug-likeness (QED) is 0.835. The van der Waals surface area contributed by atoms with E-state index in [0.717, 1.165) is 5.92 Å². The van der Waals surface area contributed by atoms with Crippen LogP contribution < -0.4 is 5.32 Å². The molecule has 1 aromatic rings. The smallest absolute Gasteiger partial charge is 0.0133 e. The minimum Gasteiger partial charge on any atom is -0.316 e. The van der Waals surface area contributed by atoms with Crippen molar-refractivity contribution in [2.24, 2.45) is 5.92 Å². The van der Waals surface area contributed by atoms with Crippen LogP contribution in [0.15, 0.2) is 12.1 Å². The number of benzene rings is 1. The first-order valence-electron chi connectivity index (χ1n) is 6.86. The van der Waals surface area contributed by atoms with Crippen LogP contribution in [0.5, 0.6) is 0 Å². The fraction of sp³-hybridized carbons (Fsp3) is 0.625. The Labute approximate surface area is 106 Å². The topological polar surface area (TPSA) is 12.0 Å². The van der Waals surface area contributed by atoms with Crippen LogP contribution in [0.3, 0.4) is 0 Å². The molecule has 1 heteroatoms. The molecule has 0 saturated heterocycles. The maximum atomic E-state index is 3.52. The molecular weight excluding hydrogens is 206 g/mol. The third-order valence-electron chi connectivity index (χ3n) is 4.35. The summed E-state index contributed by atoms with van der Waals surface area (Å²) in [6, 6.07) is 5.30. The van der Waals surface area contributed by atoms with Crippen molar-refractivity contribution in [3.8, 4) is 0 Å². The molecule has 1 saturated carbocycles. The Morgan fingerprint density at radius 2 is 1.76 bits per heavy atom. The highest BCUT2D eigenvalue weighted by atomic mass is 14.9. The molecule has 1 aliphatic rings. The van der Waals surface area contributed by atoms with Crippen LogP contribution in [0.4, 0.5) is 0 Å². The summed E-state index contributed by atoms with van der Waals surface area (Å²) < 4.78 is 0. The SMILES string of the molecule is CNC(Cc1c(C)cc(C)cc1C)C1CCC1. The fourth-order valence-electron chi connectivity index (χ4n) is 3.10. The Morgan fingerprint density at radius 1 is 1.18 bits per heavy atom. The summed E-state index contributed by atoms with van der Waals surface area (Å²) in [5.41, 5.74) is 5.86. The normalized spacial score (nSPS) is 17.9. The van der Waals surface area contributed by atoms with Crippen molar-refractivity contribution in [3.63, 3.8) is 0 Å². The first kappa shape index (κ1) is 12.6. The Morgan fingerprint density at radius 3 is 2.18 bits per heavy atom. The van der Waals surface area contributed by atoms with E-state index in [0.29, 0.717) is 6.04 Å². The van der Waals surface area contributed by atoms with E-state index in [4.69, 9.17) is 0 Å². The van der Waals surface area contributed by atoms with Crippen LogP contribution in [0, 0.1) is 26.7 Å². The molecule has 0 radical (unpaired) electrons. The molecule has 1 aliphatic carbocycles. The number of likely N-dealkylation sites (N-methyl/N-ethyl adjacent to an activating group) is 1. The first-order chi connectivity index (χ1) is 8.11. The minimum atomic E-state index is 0.670. The van der Waals surface area contributed by atoms with E-state index in [1.807, 2.05) is 0 Å². The molecule has 1 atom stereocenters. The van der Waals surface area contributed by atoms with Crippen molar-refractivity contribution < 1.29 is 0 Å². The van der Waals surface area contributed by atoms with Gasteiger partial charge >= 0.3 is 0 Å². The van der Waals surface area contributed by atoms with Gasteiger partial charge in [-0.2, -0.15) is 0 Å². The standard InChI is InChI=1S/C16H25N/c1-11-8-12(2)15(13(3)9-11)10-16(17-4)14-6-5-7-14/h8-9,14,16-17H,5-7,10H2,1-4H3. The largest absolute Gasteiger partial charge is 0.316 e. The average Bonchev–Trinajstić information content (AvgIpc) is 2.18. The molecule has 17 heavy (non-hydrogen) atoms. The van der Waals surface area contributed by atoms with Gasteiger partial charge in [-0.1, -0.05) is 24.1 Å². The van der Waals surface area contributed by atoms with Crippen LogP contribution in [0.1, 0.15) is 41.5 Å². The molecule has 1 unspecified atom stereocenters. The lowest BCUT2D eigenvalue weighted by molar-refractivity contribution is 0.235. The lowest BCUT2D eigenvalue weighted by atomic mass is 9.77. The van der Waals surface area contributed by atoms with Crippen molar-refractivity contribution in [3.05, 3.63) is 34.4 Å². The molecule has 0 amide bonds. The Balaban J connectivity index is 2.16. The summed E-state index contributed by atoms with van der Waals surface area (Å²) in [5.74, 6) is 0.903. The van der Waals surface area contributed by atoms with Gasteiger partial charge < -0.3 is 5.32 Å². The van der Waals surface area contributed by atoms with Gasteiger partial charge in [0.2, 0.25) is 0 Å². The van der Waals surface area contributed by atoms with E-state index in [2.05, 4.69) is 45.3 Å². The Kier molecular flexibility index (Phi) is 3.88. The molecule has 1 N–H and O–H groups in total. The zero-order chi connectivity index (χ0) is 12.4. The molecule has 0 aromatic heterocycles. The van der Waals surface area contributed by atoms with Gasteiger partial charge in [0.15, 0.2) is 0 Å².